The summed E-state index contributed by atoms with van der Waals surface area (Å²) in [5.74, 6) is 1.47. The number of hydrogen-bond acceptors (Lipinski definition) is 5. The Bertz CT molecular complexity index is 906. The van der Waals surface area contributed by atoms with Crippen LogP contribution in [0.2, 0.25) is 0 Å². The fourth-order valence-electron chi connectivity index (χ4n) is 2.52. The molecule has 1 amide bonds. The normalized spacial score (nSPS) is 10.5. The minimum atomic E-state index is -0.285. The monoisotopic (exact) mass is 362 g/mol. The van der Waals surface area contributed by atoms with E-state index < -0.39 is 0 Å². The van der Waals surface area contributed by atoms with E-state index in [4.69, 9.17) is 4.74 Å². The third-order valence-corrected chi connectivity index (χ3v) is 4.10. The van der Waals surface area contributed by atoms with Gasteiger partial charge in [-0.1, -0.05) is 26.0 Å². The van der Waals surface area contributed by atoms with Crippen molar-refractivity contribution >= 4 is 23.1 Å². The van der Waals surface area contributed by atoms with Crippen molar-refractivity contribution in [1.82, 2.24) is 9.97 Å². The molecule has 0 saturated carbocycles. The predicted molar refractivity (Wildman–Crippen MR) is 107 cm³/mol. The first kappa shape index (κ1) is 18.4. The standard InChI is InChI=1S/C21H22N4O2/c1-14(2)15-4-6-17(7-5-15)25-21(26)19-12-20(23-13-22-19)24-16-8-10-18(27-3)11-9-16/h4-14H,1-3H3,(H,25,26)(H,22,23,24). The highest BCUT2D eigenvalue weighted by Gasteiger charge is 2.10. The summed E-state index contributed by atoms with van der Waals surface area (Å²) in [5, 5.41) is 6.00. The summed E-state index contributed by atoms with van der Waals surface area (Å²) in [4.78, 5) is 20.7. The summed E-state index contributed by atoms with van der Waals surface area (Å²) in [6, 6.07) is 16.9. The lowest BCUT2D eigenvalue weighted by Gasteiger charge is -2.09. The molecule has 0 saturated heterocycles. The van der Waals surface area contributed by atoms with Crippen molar-refractivity contribution in [1.29, 1.82) is 0 Å². The van der Waals surface area contributed by atoms with Gasteiger partial charge >= 0.3 is 0 Å². The smallest absolute Gasteiger partial charge is 0.274 e. The van der Waals surface area contributed by atoms with E-state index in [0.717, 1.165) is 17.1 Å². The van der Waals surface area contributed by atoms with E-state index in [9.17, 15) is 4.79 Å². The van der Waals surface area contributed by atoms with E-state index in [2.05, 4.69) is 34.4 Å². The summed E-state index contributed by atoms with van der Waals surface area (Å²) in [6.45, 7) is 4.26. The molecule has 0 bridgehead atoms. The molecule has 6 nitrogen and oxygen atoms in total. The molecule has 2 aromatic carbocycles. The molecule has 3 rings (SSSR count). The van der Waals surface area contributed by atoms with Gasteiger partial charge in [0, 0.05) is 17.4 Å². The van der Waals surface area contributed by atoms with E-state index >= 15 is 0 Å². The Hall–Kier alpha value is -3.41. The van der Waals surface area contributed by atoms with Crippen LogP contribution >= 0.6 is 0 Å². The summed E-state index contributed by atoms with van der Waals surface area (Å²) in [6.07, 6.45) is 1.36. The number of anilines is 3. The number of carbonyl (C=O) groups is 1. The number of amides is 1. The Balaban J connectivity index is 1.69. The van der Waals surface area contributed by atoms with Crippen LogP contribution in [0, 0.1) is 0 Å². The molecule has 1 aromatic heterocycles. The maximum Gasteiger partial charge on any atom is 0.274 e. The number of benzene rings is 2. The Morgan fingerprint density at radius 3 is 2.26 bits per heavy atom. The van der Waals surface area contributed by atoms with Crippen molar-refractivity contribution < 1.29 is 9.53 Å². The number of nitrogens with zero attached hydrogens (tertiary/aromatic N) is 2. The van der Waals surface area contributed by atoms with Crippen LogP contribution in [-0.2, 0) is 0 Å². The van der Waals surface area contributed by atoms with Crippen LogP contribution in [-0.4, -0.2) is 23.0 Å². The molecule has 27 heavy (non-hydrogen) atoms. The predicted octanol–water partition coefficient (Wildman–Crippen LogP) is 4.60. The van der Waals surface area contributed by atoms with Gasteiger partial charge in [0.15, 0.2) is 0 Å². The molecule has 0 aliphatic rings. The number of carbonyl (C=O) groups excluding carboxylic acids is 1. The molecule has 3 aromatic rings. The highest BCUT2D eigenvalue weighted by molar-refractivity contribution is 6.03. The molecular formula is C21H22N4O2. The minimum absolute atomic E-state index is 0.285. The third-order valence-electron chi connectivity index (χ3n) is 4.10. The molecule has 0 aliphatic carbocycles. The molecule has 138 valence electrons. The second kappa shape index (κ2) is 8.31. The van der Waals surface area contributed by atoms with Crippen LogP contribution in [0.1, 0.15) is 35.8 Å². The maximum atomic E-state index is 12.5. The Morgan fingerprint density at radius 1 is 0.963 bits per heavy atom. The zero-order valence-electron chi connectivity index (χ0n) is 15.6. The van der Waals surface area contributed by atoms with Crippen LogP contribution in [0.4, 0.5) is 17.2 Å². The first-order valence-electron chi connectivity index (χ1n) is 8.69. The minimum Gasteiger partial charge on any atom is -0.497 e. The first-order chi connectivity index (χ1) is 13.0. The van der Waals surface area contributed by atoms with Gasteiger partial charge in [0.25, 0.3) is 5.91 Å². The highest BCUT2D eigenvalue weighted by atomic mass is 16.5. The van der Waals surface area contributed by atoms with Crippen molar-refractivity contribution in [2.24, 2.45) is 0 Å². The topological polar surface area (TPSA) is 76.1 Å². The largest absolute Gasteiger partial charge is 0.497 e. The summed E-state index contributed by atoms with van der Waals surface area (Å²) in [5.41, 5.74) is 3.08. The SMILES string of the molecule is COc1ccc(Nc2cc(C(=O)Nc3ccc(C(C)C)cc3)ncn2)cc1. The van der Waals surface area contributed by atoms with Crippen LogP contribution in [0.3, 0.4) is 0 Å². The fraction of sp³-hybridized carbons (Fsp3) is 0.190. The number of hydrogen-bond donors (Lipinski definition) is 2. The Morgan fingerprint density at radius 2 is 1.63 bits per heavy atom. The van der Waals surface area contributed by atoms with Gasteiger partial charge in [0.2, 0.25) is 0 Å². The zero-order chi connectivity index (χ0) is 19.2. The van der Waals surface area contributed by atoms with Gasteiger partial charge in [-0.3, -0.25) is 4.79 Å². The lowest BCUT2D eigenvalue weighted by molar-refractivity contribution is 0.102. The van der Waals surface area contributed by atoms with Gasteiger partial charge < -0.3 is 15.4 Å². The molecule has 2 N–H and O–H groups in total. The van der Waals surface area contributed by atoms with E-state index in [1.165, 1.54) is 11.9 Å². The van der Waals surface area contributed by atoms with E-state index in [1.807, 2.05) is 48.5 Å². The quantitative estimate of drug-likeness (QED) is 0.670. The molecule has 0 radical (unpaired) electrons. The van der Waals surface area contributed by atoms with Crippen LogP contribution in [0.5, 0.6) is 5.75 Å². The van der Waals surface area contributed by atoms with Gasteiger partial charge in [-0.2, -0.15) is 0 Å². The van der Waals surface area contributed by atoms with E-state index in [1.54, 1.807) is 13.2 Å². The first-order valence-corrected chi connectivity index (χ1v) is 8.69. The fourth-order valence-corrected chi connectivity index (χ4v) is 2.52. The number of aromatic nitrogens is 2. The van der Waals surface area contributed by atoms with Gasteiger partial charge in [-0.05, 0) is 47.9 Å². The van der Waals surface area contributed by atoms with Gasteiger partial charge in [-0.15, -0.1) is 0 Å². The Labute approximate surface area is 158 Å². The summed E-state index contributed by atoms with van der Waals surface area (Å²) < 4.78 is 5.14. The van der Waals surface area contributed by atoms with Crippen molar-refractivity contribution in [3.8, 4) is 5.75 Å². The van der Waals surface area contributed by atoms with Crippen LogP contribution < -0.4 is 15.4 Å². The molecule has 0 spiro atoms. The van der Waals surface area contributed by atoms with E-state index in [0.29, 0.717) is 11.7 Å². The molecule has 0 fully saturated rings. The number of nitrogens with one attached hydrogen (secondary N) is 2. The van der Waals surface area contributed by atoms with E-state index in [-0.39, 0.29) is 11.6 Å². The van der Waals surface area contributed by atoms with Gasteiger partial charge in [-0.25, -0.2) is 9.97 Å². The second-order valence-corrected chi connectivity index (χ2v) is 6.37. The van der Waals surface area contributed by atoms with Gasteiger partial charge in [0.1, 0.15) is 23.6 Å². The number of rotatable bonds is 6. The average Bonchev–Trinajstić information content (AvgIpc) is 2.69. The van der Waals surface area contributed by atoms with Crippen LogP contribution in [0.25, 0.3) is 0 Å². The van der Waals surface area contributed by atoms with Crippen LogP contribution in [0.15, 0.2) is 60.9 Å². The average molecular weight is 362 g/mol. The second-order valence-electron chi connectivity index (χ2n) is 6.37. The van der Waals surface area contributed by atoms with Crippen molar-refractivity contribution in [2.75, 3.05) is 17.7 Å². The lowest BCUT2D eigenvalue weighted by atomic mass is 10.0. The van der Waals surface area contributed by atoms with Crippen molar-refractivity contribution in [3.63, 3.8) is 0 Å². The summed E-state index contributed by atoms with van der Waals surface area (Å²) >= 11 is 0. The highest BCUT2D eigenvalue weighted by Crippen LogP contribution is 2.20. The molecule has 6 heteroatoms. The molecule has 1 heterocycles. The van der Waals surface area contributed by atoms with Gasteiger partial charge in [0.05, 0.1) is 7.11 Å². The lowest BCUT2D eigenvalue weighted by Crippen LogP contribution is -2.14. The molecule has 0 aliphatic heterocycles. The molecule has 0 unspecified atom stereocenters. The number of methoxy groups -OCH3 is 1. The maximum absolute atomic E-state index is 12.5. The molecule has 0 atom stereocenters. The molecular weight excluding hydrogens is 340 g/mol. The number of ether oxygens (including phenoxy) is 1. The van der Waals surface area contributed by atoms with Crippen molar-refractivity contribution in [2.45, 2.75) is 19.8 Å². The summed E-state index contributed by atoms with van der Waals surface area (Å²) in [7, 11) is 1.62. The van der Waals surface area contributed by atoms with Crippen molar-refractivity contribution in [3.05, 3.63) is 72.2 Å². The third kappa shape index (κ3) is 4.82. The Kier molecular flexibility index (Phi) is 5.66. The zero-order valence-corrected chi connectivity index (χ0v) is 15.6.